The number of alkyl halides is 9. The molecule has 294 valence electrons. The van der Waals surface area contributed by atoms with Gasteiger partial charge >= 0.3 is 30.6 Å². The maximum Gasteiger partial charge on any atom is 0.490 e. The Kier molecular flexibility index (Phi) is 13.8. The molecule has 2 fully saturated rings. The molecule has 2 aromatic rings. The Balaban J connectivity index is 0.000000314. The van der Waals surface area contributed by atoms with Crippen molar-refractivity contribution in [3.63, 3.8) is 0 Å². The molecule has 0 atom stereocenters. The lowest BCUT2D eigenvalue weighted by Crippen LogP contribution is -2.58. The number of halogens is 11. The Hall–Kier alpha value is -3.73. The van der Waals surface area contributed by atoms with Gasteiger partial charge in [0.1, 0.15) is 17.2 Å². The number of carbonyl (C=O) groups is 2. The normalized spacial score (nSPS) is 16.0. The first-order chi connectivity index (χ1) is 23.4. The third kappa shape index (κ3) is 12.5. The maximum absolute atomic E-state index is 13.8. The van der Waals surface area contributed by atoms with Crippen molar-refractivity contribution in [1.29, 1.82) is 0 Å². The highest BCUT2D eigenvalue weighted by atomic mass is 32.2. The third-order valence-corrected chi connectivity index (χ3v) is 11.1. The van der Waals surface area contributed by atoms with Gasteiger partial charge in [-0.05, 0) is 45.0 Å². The lowest BCUT2D eigenvalue weighted by molar-refractivity contribution is -0.192. The van der Waals surface area contributed by atoms with Gasteiger partial charge in [-0.25, -0.2) is 35.2 Å². The molecule has 52 heavy (non-hydrogen) atoms. The van der Waals surface area contributed by atoms with Crippen LogP contribution in [-0.4, -0.2) is 87.4 Å². The Morgan fingerprint density at radius 2 is 1.12 bits per heavy atom. The number of sulfone groups is 2. The van der Waals surface area contributed by atoms with E-state index in [4.69, 9.17) is 14.6 Å². The molecule has 2 aliphatic heterocycles. The fourth-order valence-electron chi connectivity index (χ4n) is 4.24. The van der Waals surface area contributed by atoms with E-state index < -0.39 is 112 Å². The second-order valence-electron chi connectivity index (χ2n) is 12.2. The summed E-state index contributed by atoms with van der Waals surface area (Å²) >= 11 is 0. The number of carboxylic acids is 1. The molecule has 0 radical (unpaired) electrons. The summed E-state index contributed by atoms with van der Waals surface area (Å²) in [5, 5.41) is 8.04. The first-order valence-corrected chi connectivity index (χ1v) is 17.9. The summed E-state index contributed by atoms with van der Waals surface area (Å²) in [6.45, 7) is 4.93. The van der Waals surface area contributed by atoms with Gasteiger partial charge in [0.2, 0.25) is 0 Å². The number of hydrogen-bond acceptors (Lipinski definition) is 8. The van der Waals surface area contributed by atoms with Crippen LogP contribution in [0.4, 0.5) is 53.1 Å². The summed E-state index contributed by atoms with van der Waals surface area (Å²) in [7, 11) is -7.87. The van der Waals surface area contributed by atoms with Gasteiger partial charge in [-0.1, -0.05) is 12.1 Å². The van der Waals surface area contributed by atoms with Crippen LogP contribution in [0.15, 0.2) is 36.4 Å². The average molecular weight is 809 g/mol. The highest BCUT2D eigenvalue weighted by Gasteiger charge is 2.44. The molecule has 0 spiro atoms. The number of benzene rings is 2. The largest absolute Gasteiger partial charge is 0.490 e. The highest BCUT2D eigenvalue weighted by Crippen LogP contribution is 2.36. The van der Waals surface area contributed by atoms with Gasteiger partial charge in [0.05, 0.1) is 33.1 Å². The molecule has 0 saturated carbocycles. The van der Waals surface area contributed by atoms with E-state index in [2.05, 4.69) is 5.32 Å². The van der Waals surface area contributed by atoms with Crippen LogP contribution >= 0.6 is 0 Å². The zero-order chi connectivity index (χ0) is 40.3. The van der Waals surface area contributed by atoms with Gasteiger partial charge in [-0.15, -0.1) is 0 Å². The first-order valence-electron chi connectivity index (χ1n) is 14.5. The minimum Gasteiger partial charge on any atom is -0.475 e. The smallest absolute Gasteiger partial charge is 0.475 e. The van der Waals surface area contributed by atoms with E-state index in [1.165, 1.54) is 0 Å². The van der Waals surface area contributed by atoms with Crippen LogP contribution in [0, 0.1) is 11.6 Å². The van der Waals surface area contributed by atoms with E-state index in [1.807, 2.05) is 0 Å². The highest BCUT2D eigenvalue weighted by molar-refractivity contribution is 7.91. The summed E-state index contributed by atoms with van der Waals surface area (Å²) in [6.07, 6.45) is -15.4. The van der Waals surface area contributed by atoms with Crippen LogP contribution in [0.5, 0.6) is 0 Å². The van der Waals surface area contributed by atoms with Crippen molar-refractivity contribution in [2.24, 2.45) is 0 Å². The van der Waals surface area contributed by atoms with Gasteiger partial charge in [-0.3, -0.25) is 0 Å². The van der Waals surface area contributed by atoms with Crippen LogP contribution in [0.25, 0.3) is 0 Å². The quantitative estimate of drug-likeness (QED) is 0.349. The molecule has 23 heteroatoms. The Morgan fingerprint density at radius 1 is 0.750 bits per heavy atom. The molecule has 2 N–H and O–H groups in total. The Morgan fingerprint density at radius 3 is 1.40 bits per heavy atom. The van der Waals surface area contributed by atoms with Crippen LogP contribution < -0.4 is 5.32 Å². The van der Waals surface area contributed by atoms with E-state index in [0.29, 0.717) is 12.1 Å². The number of hydrogen-bond donors (Lipinski definition) is 2. The fraction of sp³-hybridized carbons (Fsp3) is 0.517. The van der Waals surface area contributed by atoms with Gasteiger partial charge in [0, 0.05) is 37.3 Å². The Bertz CT molecular complexity index is 1810. The number of nitrogens with zero attached hydrogens (tertiary/aromatic N) is 1. The summed E-state index contributed by atoms with van der Waals surface area (Å²) in [5.74, 6) is -7.15. The molecular formula is C29H31F11N2O8S2. The molecular weight excluding hydrogens is 777 g/mol. The summed E-state index contributed by atoms with van der Waals surface area (Å²) < 4.78 is 190. The molecule has 10 nitrogen and oxygen atoms in total. The maximum atomic E-state index is 13.8. The van der Waals surface area contributed by atoms with E-state index in [-0.39, 0.29) is 26.2 Å². The molecule has 0 unspecified atom stereocenters. The van der Waals surface area contributed by atoms with E-state index >= 15 is 0 Å². The van der Waals surface area contributed by atoms with Crippen LogP contribution in [0.2, 0.25) is 0 Å². The Labute approximate surface area is 289 Å². The molecule has 4 rings (SSSR count). The van der Waals surface area contributed by atoms with Crippen molar-refractivity contribution < 1.29 is 84.6 Å². The summed E-state index contributed by atoms with van der Waals surface area (Å²) in [6, 6.07) is 4.74. The molecule has 2 heterocycles. The van der Waals surface area contributed by atoms with E-state index in [9.17, 15) is 69.9 Å². The number of carboxylic acid groups (broad SMARTS) is 1. The second kappa shape index (κ2) is 16.1. The van der Waals surface area contributed by atoms with Crippen molar-refractivity contribution >= 4 is 31.7 Å². The van der Waals surface area contributed by atoms with Crippen molar-refractivity contribution in [2.45, 2.75) is 66.9 Å². The minimum absolute atomic E-state index is 0.193. The van der Waals surface area contributed by atoms with Crippen molar-refractivity contribution in [1.82, 2.24) is 10.2 Å². The predicted octanol–water partition coefficient (Wildman–Crippen LogP) is 5.74. The summed E-state index contributed by atoms with van der Waals surface area (Å²) in [4.78, 5) is 21.8. The van der Waals surface area contributed by atoms with Crippen LogP contribution in [0.1, 0.15) is 43.0 Å². The number of ether oxygens (including phenoxy) is 1. The van der Waals surface area contributed by atoms with Gasteiger partial charge in [-0.2, -0.15) is 39.5 Å². The number of amides is 1. The summed E-state index contributed by atoms with van der Waals surface area (Å²) in [5.41, 5.74) is -5.01. The van der Waals surface area contributed by atoms with Crippen LogP contribution in [-0.2, 0) is 53.1 Å². The minimum atomic E-state index is -5.08. The number of nitrogens with one attached hydrogen (secondary N) is 1. The number of carbonyl (C=O) groups excluding carboxylic acids is 1. The number of aliphatic carboxylic acids is 1. The molecule has 2 aromatic carbocycles. The van der Waals surface area contributed by atoms with E-state index in [1.54, 1.807) is 20.8 Å². The molecule has 2 saturated heterocycles. The topological polar surface area (TPSA) is 147 Å². The molecule has 2 aliphatic rings. The zero-order valence-corrected chi connectivity index (χ0v) is 28.7. The second-order valence-corrected chi connectivity index (χ2v) is 16.8. The first kappa shape index (κ1) is 44.4. The van der Waals surface area contributed by atoms with Crippen molar-refractivity contribution in [2.75, 3.05) is 26.2 Å². The number of rotatable bonds is 6. The molecule has 0 bridgehead atoms. The predicted molar refractivity (Wildman–Crippen MR) is 160 cm³/mol. The lowest BCUT2D eigenvalue weighted by atomic mass is 10.1. The van der Waals surface area contributed by atoms with Gasteiger partial charge in [0.15, 0.2) is 19.7 Å². The van der Waals surface area contributed by atoms with E-state index in [0.717, 1.165) is 29.2 Å². The average Bonchev–Trinajstić information content (AvgIpc) is 2.86. The molecule has 0 aliphatic carbocycles. The van der Waals surface area contributed by atoms with Crippen LogP contribution in [0.3, 0.4) is 0 Å². The van der Waals surface area contributed by atoms with Gasteiger partial charge < -0.3 is 20.1 Å². The van der Waals surface area contributed by atoms with Crippen molar-refractivity contribution in [3.8, 4) is 0 Å². The standard InChI is InChI=1S/C16H19F4NO4S.C11H11F4NO2S.C2HF3O2/c1-15(2,3)25-14(22)21-7-10(8-21)26(23,24)9-11-12(16(18,19)20)5-4-6-13(11)17;12-10-3-1-2-9(11(13,14)15)8(10)6-19(17,18)7-4-16-5-7;3-2(4,5)1(6)7/h4-6,10H,7-9H2,1-3H3;1-3,7,16H,4-6H2;(H,6,7). The lowest BCUT2D eigenvalue weighted by Gasteiger charge is -2.39. The fourth-order valence-corrected chi connectivity index (χ4v) is 7.66. The number of likely N-dealkylation sites (tertiary alicyclic amines) is 1. The molecule has 0 aromatic heterocycles. The van der Waals surface area contributed by atoms with Crippen molar-refractivity contribution in [3.05, 3.63) is 70.3 Å². The monoisotopic (exact) mass is 808 g/mol. The zero-order valence-electron chi connectivity index (χ0n) is 27.1. The third-order valence-electron chi connectivity index (χ3n) is 7.04. The molecule has 1 amide bonds. The van der Waals surface area contributed by atoms with Gasteiger partial charge in [0.25, 0.3) is 0 Å². The SMILES string of the molecule is CC(C)(C)OC(=O)N1CC(S(=O)(=O)Cc2c(F)cccc2C(F)(F)F)C1.O=C(O)C(F)(F)F.O=S(=O)(Cc1c(F)cccc1C(F)(F)F)C1CNC1.